The number of carboxylic acid groups (broad SMARTS) is 1. The molecule has 1 fully saturated rings. The zero-order chi connectivity index (χ0) is 32.1. The number of hydrogen-bond donors (Lipinski definition) is 6. The number of benzene rings is 4. The highest BCUT2D eigenvalue weighted by molar-refractivity contribution is 6.00. The van der Waals surface area contributed by atoms with Crippen LogP contribution in [0.5, 0.6) is 0 Å². The van der Waals surface area contributed by atoms with Crippen LogP contribution in [0, 0.1) is 5.41 Å². The first-order valence-electron chi connectivity index (χ1n) is 14.7. The molecular weight excluding hydrogens is 570 g/mol. The van der Waals surface area contributed by atoms with Gasteiger partial charge in [0.1, 0.15) is 11.9 Å². The molecule has 5 rings (SSSR count). The van der Waals surface area contributed by atoms with Crippen LogP contribution in [0.25, 0.3) is 0 Å². The molecule has 45 heavy (non-hydrogen) atoms. The summed E-state index contributed by atoms with van der Waals surface area (Å²) < 4.78 is 0. The maximum atomic E-state index is 14.4. The van der Waals surface area contributed by atoms with Gasteiger partial charge >= 0.3 is 12.0 Å². The van der Waals surface area contributed by atoms with Crippen LogP contribution in [0.4, 0.5) is 10.5 Å². The Hall–Kier alpha value is -5.19. The number of carboxylic acids is 1. The molecule has 1 aliphatic heterocycles. The van der Waals surface area contributed by atoms with Crippen LogP contribution >= 0.6 is 0 Å². The van der Waals surface area contributed by atoms with Crippen molar-refractivity contribution in [3.05, 3.63) is 136 Å². The van der Waals surface area contributed by atoms with Crippen molar-refractivity contribution in [3.8, 4) is 0 Å². The summed E-state index contributed by atoms with van der Waals surface area (Å²) in [5.74, 6) is -1.30. The second-order valence-electron chi connectivity index (χ2n) is 11.4. The summed E-state index contributed by atoms with van der Waals surface area (Å²) in [5.41, 5.74) is 16.9. The minimum atomic E-state index is -1.29. The van der Waals surface area contributed by atoms with Gasteiger partial charge in [0.15, 0.2) is 0 Å². The average Bonchev–Trinajstić information content (AvgIpc) is 3.10. The third-order valence-electron chi connectivity index (χ3n) is 8.19. The van der Waals surface area contributed by atoms with Crippen molar-refractivity contribution in [1.29, 1.82) is 5.41 Å². The molecule has 4 aromatic carbocycles. The van der Waals surface area contributed by atoms with Crippen LogP contribution in [0.3, 0.4) is 0 Å². The van der Waals surface area contributed by atoms with Gasteiger partial charge < -0.3 is 36.6 Å². The van der Waals surface area contributed by atoms with E-state index in [9.17, 15) is 24.9 Å². The first-order chi connectivity index (χ1) is 21.6. The third-order valence-corrected chi connectivity index (χ3v) is 8.19. The number of aliphatic hydroxyl groups excluding tert-OH is 2. The lowest BCUT2D eigenvalue weighted by Gasteiger charge is -2.35. The Balaban J connectivity index is 1.55. The zero-order valence-electron chi connectivity index (χ0n) is 24.7. The van der Waals surface area contributed by atoms with E-state index in [1.165, 1.54) is 21.9 Å². The smallest absolute Gasteiger partial charge is 0.335 e. The van der Waals surface area contributed by atoms with Crippen molar-refractivity contribution in [1.82, 2.24) is 9.80 Å². The minimum Gasteiger partial charge on any atom is -0.478 e. The number of carbonyl (C=O) groups excluding carboxylic acids is 1. The number of nitrogens with one attached hydrogen (secondary N) is 1. The van der Waals surface area contributed by atoms with Gasteiger partial charge in [-0.3, -0.25) is 5.41 Å². The van der Waals surface area contributed by atoms with Crippen LogP contribution in [-0.2, 0) is 25.9 Å². The molecule has 0 radical (unpaired) electrons. The summed E-state index contributed by atoms with van der Waals surface area (Å²) >= 11 is 0. The number of amidine groups is 1. The maximum absolute atomic E-state index is 14.4. The number of β-amino-alcohol motifs (C(OH)–C–C–N with tert-alkyl or cyclic N) is 1. The highest BCUT2D eigenvalue weighted by Crippen LogP contribution is 2.28. The molecule has 1 heterocycles. The first kappa shape index (κ1) is 31.2. The van der Waals surface area contributed by atoms with Crippen molar-refractivity contribution in [3.63, 3.8) is 0 Å². The Bertz CT molecular complexity index is 1680. The van der Waals surface area contributed by atoms with E-state index < -0.39 is 30.3 Å². The quantitative estimate of drug-likeness (QED) is 0.0906. The van der Waals surface area contributed by atoms with Crippen molar-refractivity contribution in [2.45, 2.75) is 44.2 Å². The number of nitrogen functional groups attached to an aromatic ring is 2. The number of nitrogens with two attached hydrogens (primary N) is 2. The summed E-state index contributed by atoms with van der Waals surface area (Å²) in [4.78, 5) is 29.1. The van der Waals surface area contributed by atoms with Crippen LogP contribution in [0.2, 0.25) is 0 Å². The Kier molecular flexibility index (Phi) is 9.46. The molecule has 0 bridgehead atoms. The van der Waals surface area contributed by atoms with E-state index >= 15 is 0 Å². The lowest BCUT2D eigenvalue weighted by molar-refractivity contribution is -0.0197. The number of nitrogens with zero attached hydrogens (tertiary/aromatic N) is 2. The minimum absolute atomic E-state index is 0.00897. The molecule has 8 N–H and O–H groups in total. The van der Waals surface area contributed by atoms with E-state index in [4.69, 9.17) is 16.9 Å². The summed E-state index contributed by atoms with van der Waals surface area (Å²) in [7, 11) is 0. The predicted octanol–water partition coefficient (Wildman–Crippen LogP) is 3.61. The van der Waals surface area contributed by atoms with E-state index in [2.05, 4.69) is 0 Å². The van der Waals surface area contributed by atoms with Gasteiger partial charge in [-0.25, -0.2) is 9.59 Å². The molecule has 4 aromatic rings. The fraction of sp³-hybridized carbons (Fsp3) is 0.229. The fourth-order valence-electron chi connectivity index (χ4n) is 5.85. The van der Waals surface area contributed by atoms with Crippen molar-refractivity contribution < 1.29 is 24.9 Å². The van der Waals surface area contributed by atoms with Crippen LogP contribution in [0.15, 0.2) is 97.1 Å². The Morgan fingerprint density at radius 1 is 0.844 bits per heavy atom. The van der Waals surface area contributed by atoms with Crippen molar-refractivity contribution in [2.24, 2.45) is 5.73 Å². The third kappa shape index (κ3) is 7.31. The van der Waals surface area contributed by atoms with E-state index in [-0.39, 0.29) is 37.5 Å². The molecule has 0 aliphatic carbocycles. The number of amides is 2. The molecule has 0 saturated carbocycles. The van der Waals surface area contributed by atoms with E-state index in [1.54, 1.807) is 24.3 Å². The molecule has 10 heteroatoms. The number of aromatic carboxylic acids is 1. The number of carbonyl (C=O) groups is 2. The normalized spacial score (nSPS) is 18.4. The molecule has 1 saturated heterocycles. The maximum Gasteiger partial charge on any atom is 0.335 e. The monoisotopic (exact) mass is 607 g/mol. The predicted molar refractivity (Wildman–Crippen MR) is 172 cm³/mol. The average molecular weight is 608 g/mol. The van der Waals surface area contributed by atoms with Crippen LogP contribution in [0.1, 0.15) is 43.7 Å². The van der Waals surface area contributed by atoms with Crippen molar-refractivity contribution in [2.75, 3.05) is 12.3 Å². The lowest BCUT2D eigenvalue weighted by Crippen LogP contribution is -2.50. The molecule has 3 atom stereocenters. The number of anilines is 1. The van der Waals surface area contributed by atoms with Gasteiger partial charge in [-0.15, -0.1) is 0 Å². The zero-order valence-corrected chi connectivity index (χ0v) is 24.7. The second-order valence-corrected chi connectivity index (χ2v) is 11.4. The Morgan fingerprint density at radius 2 is 1.49 bits per heavy atom. The van der Waals surface area contributed by atoms with E-state index in [0.717, 1.165) is 16.7 Å². The number of hydrogen-bond acceptors (Lipinski definition) is 6. The van der Waals surface area contributed by atoms with Crippen LogP contribution < -0.4 is 11.5 Å². The number of aliphatic hydroxyl groups is 2. The lowest BCUT2D eigenvalue weighted by atomic mass is 9.95. The highest BCUT2D eigenvalue weighted by Gasteiger charge is 2.41. The fourth-order valence-corrected chi connectivity index (χ4v) is 5.85. The standard InChI is InChI=1S/C35H37N5O5/c36-29-18-26(14-22-8-3-1-4-9-22)27(17-28(29)33(37)38)20-39-21-31(41)32(42)30(16-23-10-5-2-6-11-23)40(35(39)45)19-24-12-7-13-25(15-24)34(43)44/h1-13,15,17-18,30-32,41-42H,14,16,19-21,36H2,(H3,37,38)(H,43,44)/t30?,31-,32-/m0/s1. The molecular formula is C35H37N5O5. The van der Waals surface area contributed by atoms with E-state index in [1.807, 2.05) is 60.7 Å². The van der Waals surface area contributed by atoms with Gasteiger partial charge in [-0.1, -0.05) is 72.8 Å². The highest BCUT2D eigenvalue weighted by atomic mass is 16.4. The van der Waals surface area contributed by atoms with Gasteiger partial charge in [0, 0.05) is 24.3 Å². The number of rotatable bonds is 10. The molecule has 1 unspecified atom stereocenters. The van der Waals surface area contributed by atoms with E-state index in [0.29, 0.717) is 28.8 Å². The summed E-state index contributed by atoms with van der Waals surface area (Å²) in [5, 5.41) is 40.3. The second kappa shape index (κ2) is 13.6. The van der Waals surface area contributed by atoms with Gasteiger partial charge in [-0.2, -0.15) is 0 Å². The van der Waals surface area contributed by atoms with Crippen molar-refractivity contribution >= 4 is 23.5 Å². The largest absolute Gasteiger partial charge is 0.478 e. The molecule has 2 amide bonds. The number of urea groups is 1. The summed E-state index contributed by atoms with van der Waals surface area (Å²) in [6.45, 7) is -0.0917. The Labute approximate surface area is 261 Å². The molecule has 232 valence electrons. The first-order valence-corrected chi connectivity index (χ1v) is 14.7. The SMILES string of the molecule is N=C(N)c1cc(CN2C[C@H](O)[C@@H](O)C(Cc3ccccc3)N(Cc3cccc(C(=O)O)c3)C2=O)c(Cc2ccccc2)cc1N. The topological polar surface area (TPSA) is 177 Å². The van der Waals surface area contributed by atoms with Gasteiger partial charge in [0.25, 0.3) is 0 Å². The molecule has 1 aliphatic rings. The summed E-state index contributed by atoms with van der Waals surface area (Å²) in [6, 6.07) is 27.7. The van der Waals surface area contributed by atoms with Gasteiger partial charge in [0.2, 0.25) is 0 Å². The Morgan fingerprint density at radius 3 is 2.13 bits per heavy atom. The van der Waals surface area contributed by atoms with Gasteiger partial charge in [-0.05, 0) is 64.9 Å². The molecule has 10 nitrogen and oxygen atoms in total. The van der Waals surface area contributed by atoms with Crippen LogP contribution in [-0.4, -0.2) is 67.7 Å². The summed E-state index contributed by atoms with van der Waals surface area (Å²) in [6.07, 6.45) is -1.78. The van der Waals surface area contributed by atoms with Gasteiger partial charge in [0.05, 0.1) is 24.3 Å². The molecule has 0 aromatic heterocycles. The molecule has 0 spiro atoms.